The molecule has 1 aliphatic heterocycles. The molecule has 3 rings (SSSR count). The van der Waals surface area contributed by atoms with Gasteiger partial charge in [0.25, 0.3) is 5.91 Å². The predicted octanol–water partition coefficient (Wildman–Crippen LogP) is 3.91. The summed E-state index contributed by atoms with van der Waals surface area (Å²) in [6.45, 7) is 7.50. The second-order valence-electron chi connectivity index (χ2n) is 7.80. The summed E-state index contributed by atoms with van der Waals surface area (Å²) < 4.78 is 11.1. The Morgan fingerprint density at radius 3 is 2.37 bits per heavy atom. The molecule has 0 aliphatic carbocycles. The maximum atomic E-state index is 12.6. The molecule has 0 atom stereocenters. The summed E-state index contributed by atoms with van der Waals surface area (Å²) in [5.74, 6) is 0.765. The molecule has 2 aromatic rings. The molecule has 160 valence electrons. The van der Waals surface area contributed by atoms with Gasteiger partial charge in [0.1, 0.15) is 12.4 Å². The van der Waals surface area contributed by atoms with Crippen LogP contribution in [-0.2, 0) is 16.1 Å². The number of hydrogen-bond donors (Lipinski definition) is 1. The van der Waals surface area contributed by atoms with E-state index in [9.17, 15) is 9.59 Å². The molecule has 0 aromatic heterocycles. The summed E-state index contributed by atoms with van der Waals surface area (Å²) in [4.78, 5) is 26.4. The van der Waals surface area contributed by atoms with Gasteiger partial charge in [-0.15, -0.1) is 0 Å². The number of benzene rings is 2. The normalized spacial score (nSPS) is 14.3. The lowest BCUT2D eigenvalue weighted by Gasteiger charge is -2.32. The largest absolute Gasteiger partial charge is 0.483 e. The van der Waals surface area contributed by atoms with Gasteiger partial charge in [0.2, 0.25) is 0 Å². The predicted molar refractivity (Wildman–Crippen MR) is 116 cm³/mol. The smallest absolute Gasteiger partial charge is 0.407 e. The van der Waals surface area contributed by atoms with E-state index in [1.54, 1.807) is 4.90 Å². The number of hydrogen-bond acceptors (Lipinski definition) is 4. The zero-order chi connectivity index (χ0) is 21.5. The van der Waals surface area contributed by atoms with Crippen LogP contribution >= 0.6 is 0 Å². The molecule has 2 aromatic carbocycles. The quantitative estimate of drug-likeness (QED) is 0.784. The van der Waals surface area contributed by atoms with E-state index in [1.165, 1.54) is 0 Å². The Labute approximate surface area is 178 Å². The molecule has 0 spiro atoms. The number of alkyl carbamates (subject to hydrolysis) is 1. The SMILES string of the molecule is Cc1ccc(C)c(OCC(=O)N2CCC(NC(=O)OCc3ccccc3)CC2)c1C. The van der Waals surface area contributed by atoms with E-state index in [2.05, 4.69) is 11.4 Å². The zero-order valence-corrected chi connectivity index (χ0v) is 17.9. The zero-order valence-electron chi connectivity index (χ0n) is 17.9. The van der Waals surface area contributed by atoms with Crippen LogP contribution in [0.1, 0.15) is 35.1 Å². The minimum atomic E-state index is -0.419. The molecule has 0 saturated carbocycles. The first-order chi connectivity index (χ1) is 14.4. The number of carbonyl (C=O) groups excluding carboxylic acids is 2. The van der Waals surface area contributed by atoms with Crippen molar-refractivity contribution >= 4 is 12.0 Å². The minimum absolute atomic E-state index is 0.0134. The Hall–Kier alpha value is -3.02. The molecule has 0 radical (unpaired) electrons. The lowest BCUT2D eigenvalue weighted by molar-refractivity contribution is -0.134. The van der Waals surface area contributed by atoms with Crippen molar-refractivity contribution in [1.82, 2.24) is 10.2 Å². The number of piperidine rings is 1. The molecule has 1 aliphatic rings. The summed E-state index contributed by atoms with van der Waals surface area (Å²) >= 11 is 0. The topological polar surface area (TPSA) is 67.9 Å². The van der Waals surface area contributed by atoms with Crippen molar-refractivity contribution in [2.75, 3.05) is 19.7 Å². The molecule has 6 nitrogen and oxygen atoms in total. The van der Waals surface area contributed by atoms with E-state index in [0.29, 0.717) is 25.9 Å². The lowest BCUT2D eigenvalue weighted by atomic mass is 10.0. The second kappa shape index (κ2) is 10.1. The first kappa shape index (κ1) is 21.7. The molecule has 0 bridgehead atoms. The van der Waals surface area contributed by atoms with Crippen molar-refractivity contribution in [3.63, 3.8) is 0 Å². The number of amides is 2. The molecule has 1 saturated heterocycles. The van der Waals surface area contributed by atoms with Gasteiger partial charge in [0.15, 0.2) is 6.61 Å². The van der Waals surface area contributed by atoms with Gasteiger partial charge in [0.05, 0.1) is 0 Å². The Bertz CT molecular complexity index is 874. The summed E-state index contributed by atoms with van der Waals surface area (Å²) in [7, 11) is 0. The van der Waals surface area contributed by atoms with E-state index < -0.39 is 6.09 Å². The number of nitrogens with one attached hydrogen (secondary N) is 1. The Morgan fingerprint density at radius 1 is 1.00 bits per heavy atom. The number of rotatable bonds is 6. The Morgan fingerprint density at radius 2 is 1.67 bits per heavy atom. The molecule has 1 heterocycles. The molecule has 2 amide bonds. The van der Waals surface area contributed by atoms with Crippen LogP contribution in [0.5, 0.6) is 5.75 Å². The van der Waals surface area contributed by atoms with Crippen LogP contribution in [0.15, 0.2) is 42.5 Å². The first-order valence-corrected chi connectivity index (χ1v) is 10.4. The molecule has 0 unspecified atom stereocenters. The van der Waals surface area contributed by atoms with Crippen LogP contribution in [0.4, 0.5) is 4.79 Å². The summed E-state index contributed by atoms with van der Waals surface area (Å²) in [6, 6.07) is 13.7. The van der Waals surface area contributed by atoms with Crippen LogP contribution in [0.25, 0.3) is 0 Å². The fourth-order valence-corrected chi connectivity index (χ4v) is 3.58. The number of nitrogens with zero attached hydrogens (tertiary/aromatic N) is 1. The van der Waals surface area contributed by atoms with Crippen molar-refractivity contribution in [2.24, 2.45) is 0 Å². The van der Waals surface area contributed by atoms with Crippen molar-refractivity contribution in [2.45, 2.75) is 46.3 Å². The van der Waals surface area contributed by atoms with E-state index >= 15 is 0 Å². The van der Waals surface area contributed by atoms with E-state index in [4.69, 9.17) is 9.47 Å². The summed E-state index contributed by atoms with van der Waals surface area (Å²) in [5, 5.41) is 2.90. The minimum Gasteiger partial charge on any atom is -0.483 e. The number of carbonyl (C=O) groups is 2. The van der Waals surface area contributed by atoms with Crippen LogP contribution in [0, 0.1) is 20.8 Å². The maximum absolute atomic E-state index is 12.6. The highest BCUT2D eigenvalue weighted by atomic mass is 16.5. The second-order valence-corrected chi connectivity index (χ2v) is 7.80. The highest BCUT2D eigenvalue weighted by Crippen LogP contribution is 2.25. The van der Waals surface area contributed by atoms with Gasteiger partial charge in [0, 0.05) is 19.1 Å². The summed E-state index contributed by atoms with van der Waals surface area (Å²) in [5.41, 5.74) is 4.20. The first-order valence-electron chi connectivity index (χ1n) is 10.4. The molecule has 1 N–H and O–H groups in total. The van der Waals surface area contributed by atoms with Gasteiger partial charge in [-0.1, -0.05) is 42.5 Å². The fourth-order valence-electron chi connectivity index (χ4n) is 3.58. The lowest BCUT2D eigenvalue weighted by Crippen LogP contribution is -2.47. The highest BCUT2D eigenvalue weighted by molar-refractivity contribution is 5.78. The third-order valence-corrected chi connectivity index (χ3v) is 5.60. The van der Waals surface area contributed by atoms with Crippen LogP contribution < -0.4 is 10.1 Å². The van der Waals surface area contributed by atoms with Gasteiger partial charge in [-0.25, -0.2) is 4.79 Å². The van der Waals surface area contributed by atoms with Gasteiger partial charge < -0.3 is 19.7 Å². The standard InChI is InChI=1S/C24H30N2O4/c1-17-9-10-18(2)23(19(17)3)29-16-22(27)26-13-11-21(12-14-26)25-24(28)30-15-20-7-5-4-6-8-20/h4-10,21H,11-16H2,1-3H3,(H,25,28). The maximum Gasteiger partial charge on any atom is 0.407 e. The summed E-state index contributed by atoms with van der Waals surface area (Å²) in [6.07, 6.45) is 0.987. The molecular formula is C24H30N2O4. The monoisotopic (exact) mass is 410 g/mol. The van der Waals surface area contributed by atoms with Crippen molar-refractivity contribution < 1.29 is 19.1 Å². The van der Waals surface area contributed by atoms with E-state index in [-0.39, 0.29) is 25.2 Å². The molecule has 30 heavy (non-hydrogen) atoms. The Kier molecular flexibility index (Phi) is 7.33. The average Bonchev–Trinajstić information content (AvgIpc) is 2.76. The highest BCUT2D eigenvalue weighted by Gasteiger charge is 2.24. The van der Waals surface area contributed by atoms with Gasteiger partial charge in [-0.05, 0) is 55.9 Å². The van der Waals surface area contributed by atoms with Gasteiger partial charge in [-0.2, -0.15) is 0 Å². The van der Waals surface area contributed by atoms with Crippen LogP contribution in [0.2, 0.25) is 0 Å². The van der Waals surface area contributed by atoms with Crippen LogP contribution in [0.3, 0.4) is 0 Å². The third kappa shape index (κ3) is 5.75. The third-order valence-electron chi connectivity index (χ3n) is 5.60. The average molecular weight is 411 g/mol. The number of ether oxygens (including phenoxy) is 2. The molecular weight excluding hydrogens is 380 g/mol. The number of likely N-dealkylation sites (tertiary alicyclic amines) is 1. The van der Waals surface area contributed by atoms with Crippen molar-refractivity contribution in [1.29, 1.82) is 0 Å². The van der Waals surface area contributed by atoms with Crippen molar-refractivity contribution in [3.8, 4) is 5.75 Å². The van der Waals surface area contributed by atoms with E-state index in [0.717, 1.165) is 28.0 Å². The van der Waals surface area contributed by atoms with Gasteiger partial charge >= 0.3 is 6.09 Å². The van der Waals surface area contributed by atoms with Crippen LogP contribution in [-0.4, -0.2) is 42.6 Å². The molecule has 6 heteroatoms. The fraction of sp³-hybridized carbons (Fsp3) is 0.417. The molecule has 1 fully saturated rings. The van der Waals surface area contributed by atoms with Gasteiger partial charge in [-0.3, -0.25) is 4.79 Å². The van der Waals surface area contributed by atoms with E-state index in [1.807, 2.05) is 57.2 Å². The van der Waals surface area contributed by atoms with Crippen molar-refractivity contribution in [3.05, 3.63) is 64.7 Å². The Balaban J connectivity index is 1.40. The number of aryl methyl sites for hydroxylation is 2.